The van der Waals surface area contributed by atoms with Crippen LogP contribution >= 0.6 is 23.1 Å². The van der Waals surface area contributed by atoms with E-state index in [0.717, 1.165) is 39.2 Å². The average Bonchev–Trinajstić information content (AvgIpc) is 3.51. The monoisotopic (exact) mass is 558 g/mol. The van der Waals surface area contributed by atoms with Gasteiger partial charge in [-0.25, -0.2) is 4.68 Å². The minimum absolute atomic E-state index is 0.0749. The summed E-state index contributed by atoms with van der Waals surface area (Å²) in [6.45, 7) is 12.5. The first-order chi connectivity index (χ1) is 18.5. The number of nitrogens with one attached hydrogen (secondary N) is 1. The summed E-state index contributed by atoms with van der Waals surface area (Å²) in [5.74, 6) is 0.591. The van der Waals surface area contributed by atoms with Crippen LogP contribution in [0.15, 0.2) is 59.3 Å². The predicted molar refractivity (Wildman–Crippen MR) is 163 cm³/mol. The second kappa shape index (κ2) is 10.7. The number of nitrogens with zero attached hydrogens (tertiary/aromatic N) is 3. The van der Waals surface area contributed by atoms with Crippen LogP contribution < -0.4 is 10.2 Å². The maximum atomic E-state index is 13.8. The second-order valence-corrected chi connectivity index (χ2v) is 13.1. The van der Waals surface area contributed by atoms with Crippen LogP contribution in [-0.2, 0) is 15.0 Å². The number of thiophene rings is 1. The summed E-state index contributed by atoms with van der Waals surface area (Å²) in [5.41, 5.74) is 7.73. The van der Waals surface area contributed by atoms with Crippen molar-refractivity contribution in [2.45, 2.75) is 52.2 Å². The van der Waals surface area contributed by atoms with Gasteiger partial charge in [-0.3, -0.25) is 14.5 Å². The fourth-order valence-electron chi connectivity index (χ4n) is 4.95. The van der Waals surface area contributed by atoms with E-state index in [1.807, 2.05) is 35.9 Å². The van der Waals surface area contributed by atoms with E-state index in [2.05, 4.69) is 75.0 Å². The third-order valence-electron chi connectivity index (χ3n) is 6.86. The topological polar surface area (TPSA) is 67.2 Å². The van der Waals surface area contributed by atoms with E-state index >= 15 is 0 Å². The highest BCUT2D eigenvalue weighted by Crippen LogP contribution is 2.49. The van der Waals surface area contributed by atoms with Crippen molar-refractivity contribution in [1.82, 2.24) is 9.78 Å². The molecule has 0 spiro atoms. The van der Waals surface area contributed by atoms with Crippen molar-refractivity contribution in [3.63, 3.8) is 0 Å². The third kappa shape index (κ3) is 5.54. The number of rotatable bonds is 5. The lowest BCUT2D eigenvalue weighted by molar-refractivity contribution is -0.120. The number of hydrogen-bond acceptors (Lipinski definition) is 5. The van der Waals surface area contributed by atoms with E-state index in [1.54, 1.807) is 28.0 Å². The molecule has 0 radical (unpaired) electrons. The van der Waals surface area contributed by atoms with E-state index in [9.17, 15) is 9.59 Å². The molecule has 5 rings (SSSR count). The van der Waals surface area contributed by atoms with Crippen LogP contribution in [0, 0.1) is 20.8 Å². The van der Waals surface area contributed by atoms with Gasteiger partial charge in [0.1, 0.15) is 12.4 Å². The second-order valence-electron chi connectivity index (χ2n) is 11.2. The number of benzene rings is 2. The molecule has 2 amide bonds. The molecule has 6 nitrogen and oxygen atoms in total. The van der Waals surface area contributed by atoms with Crippen LogP contribution in [0.3, 0.4) is 0 Å². The summed E-state index contributed by atoms with van der Waals surface area (Å²) in [6.07, 6.45) is 0. The van der Waals surface area contributed by atoms with E-state index in [0.29, 0.717) is 11.5 Å². The molecule has 1 aliphatic heterocycles. The molecule has 8 heteroatoms. The Hall–Kier alpha value is -3.36. The summed E-state index contributed by atoms with van der Waals surface area (Å²) >= 11 is 3.25. The molecular weight excluding hydrogens is 525 g/mol. The van der Waals surface area contributed by atoms with Crippen LogP contribution in [0.1, 0.15) is 59.5 Å². The molecule has 0 bridgehead atoms. The number of carbonyl (C=O) groups is 2. The Kier molecular flexibility index (Phi) is 7.44. The molecule has 0 saturated heterocycles. The number of fused-ring (bicyclic) bond motifs is 1. The number of anilines is 2. The van der Waals surface area contributed by atoms with Gasteiger partial charge in [0, 0.05) is 16.7 Å². The van der Waals surface area contributed by atoms with Gasteiger partial charge >= 0.3 is 0 Å². The molecule has 1 unspecified atom stereocenters. The molecule has 202 valence electrons. The molecule has 0 aliphatic carbocycles. The van der Waals surface area contributed by atoms with Gasteiger partial charge in [-0.2, -0.15) is 16.4 Å². The largest absolute Gasteiger partial charge is 0.325 e. The molecule has 39 heavy (non-hydrogen) atoms. The maximum Gasteiger partial charge on any atom is 0.244 e. The molecule has 0 fully saturated rings. The SMILES string of the molecule is Cc1ccc(NC(=O)CN2C(=O)CSC(c3ccsc3)c3c(C(C)(C)C)nn(-c4ccc(C)cc4C)c32)cc1. The van der Waals surface area contributed by atoms with E-state index < -0.39 is 0 Å². The lowest BCUT2D eigenvalue weighted by atomic mass is 9.87. The number of carbonyl (C=O) groups excluding carboxylic acids is 2. The first kappa shape index (κ1) is 27.2. The molecule has 0 saturated carbocycles. The highest BCUT2D eigenvalue weighted by molar-refractivity contribution is 8.00. The van der Waals surface area contributed by atoms with Gasteiger partial charge < -0.3 is 5.32 Å². The Bertz CT molecular complexity index is 1520. The zero-order valence-corrected chi connectivity index (χ0v) is 24.9. The van der Waals surface area contributed by atoms with Crippen LogP contribution in [-0.4, -0.2) is 33.9 Å². The Morgan fingerprint density at radius 1 is 1.05 bits per heavy atom. The summed E-state index contributed by atoms with van der Waals surface area (Å²) in [4.78, 5) is 28.8. The lowest BCUT2D eigenvalue weighted by Gasteiger charge is -2.24. The summed E-state index contributed by atoms with van der Waals surface area (Å²) in [7, 11) is 0. The molecular formula is C31H34N4O2S2. The Morgan fingerprint density at radius 2 is 1.77 bits per heavy atom. The zero-order valence-electron chi connectivity index (χ0n) is 23.2. The minimum atomic E-state index is -0.286. The first-order valence-corrected chi connectivity index (χ1v) is 15.0. The molecule has 1 aliphatic rings. The molecule has 3 heterocycles. The Labute approximate surface area is 238 Å². The smallest absolute Gasteiger partial charge is 0.244 e. The third-order valence-corrected chi connectivity index (χ3v) is 8.82. The van der Waals surface area contributed by atoms with Crippen LogP contribution in [0.5, 0.6) is 0 Å². The van der Waals surface area contributed by atoms with Gasteiger partial charge in [0.05, 0.1) is 22.4 Å². The molecule has 4 aromatic rings. The van der Waals surface area contributed by atoms with Gasteiger partial charge in [0.15, 0.2) is 0 Å². The van der Waals surface area contributed by atoms with Crippen LogP contribution in [0.2, 0.25) is 0 Å². The average molecular weight is 559 g/mol. The van der Waals surface area contributed by atoms with Gasteiger partial charge in [-0.1, -0.05) is 56.2 Å². The van der Waals surface area contributed by atoms with Gasteiger partial charge in [0.25, 0.3) is 0 Å². The van der Waals surface area contributed by atoms with Crippen molar-refractivity contribution >= 4 is 46.4 Å². The number of amides is 2. The summed E-state index contributed by atoms with van der Waals surface area (Å²) in [5, 5.41) is 12.3. The Morgan fingerprint density at radius 3 is 2.41 bits per heavy atom. The summed E-state index contributed by atoms with van der Waals surface area (Å²) in [6, 6.07) is 16.0. The zero-order chi connectivity index (χ0) is 27.9. The highest BCUT2D eigenvalue weighted by Gasteiger charge is 2.40. The number of hydrogen-bond donors (Lipinski definition) is 1. The van der Waals surface area contributed by atoms with E-state index in [-0.39, 0.29) is 34.8 Å². The first-order valence-electron chi connectivity index (χ1n) is 13.0. The number of aromatic nitrogens is 2. The van der Waals surface area contributed by atoms with Crippen molar-refractivity contribution < 1.29 is 9.59 Å². The van der Waals surface area contributed by atoms with Crippen LogP contribution in [0.25, 0.3) is 5.69 Å². The van der Waals surface area contributed by atoms with Crippen LogP contribution in [0.4, 0.5) is 11.5 Å². The number of thioether (sulfide) groups is 1. The normalized spacial score (nSPS) is 15.7. The van der Waals surface area contributed by atoms with Gasteiger partial charge in [-0.05, 0) is 66.9 Å². The predicted octanol–water partition coefficient (Wildman–Crippen LogP) is 6.96. The summed E-state index contributed by atoms with van der Waals surface area (Å²) < 4.78 is 1.90. The Balaban J connectivity index is 1.69. The fraction of sp³-hybridized carbons (Fsp3) is 0.323. The molecule has 2 aromatic carbocycles. The lowest BCUT2D eigenvalue weighted by Crippen LogP contribution is -2.40. The maximum absolute atomic E-state index is 13.8. The minimum Gasteiger partial charge on any atom is -0.325 e. The quantitative estimate of drug-likeness (QED) is 0.287. The van der Waals surface area contributed by atoms with E-state index in [1.165, 1.54) is 0 Å². The highest BCUT2D eigenvalue weighted by atomic mass is 32.2. The molecule has 1 N–H and O–H groups in total. The van der Waals surface area contributed by atoms with E-state index in [4.69, 9.17) is 5.10 Å². The fourth-order valence-corrected chi connectivity index (χ4v) is 6.91. The van der Waals surface area contributed by atoms with Crippen molar-refractivity contribution in [1.29, 1.82) is 0 Å². The number of aryl methyl sites for hydroxylation is 3. The van der Waals surface area contributed by atoms with Crippen molar-refractivity contribution in [3.05, 3.63) is 92.8 Å². The van der Waals surface area contributed by atoms with Gasteiger partial charge in [0.2, 0.25) is 11.8 Å². The van der Waals surface area contributed by atoms with Crippen molar-refractivity contribution in [3.8, 4) is 5.69 Å². The van der Waals surface area contributed by atoms with Crippen molar-refractivity contribution in [2.24, 2.45) is 0 Å². The van der Waals surface area contributed by atoms with Crippen molar-refractivity contribution in [2.75, 3.05) is 22.5 Å². The molecule has 2 aromatic heterocycles. The van der Waals surface area contributed by atoms with Gasteiger partial charge in [-0.15, -0.1) is 11.8 Å². The standard InChI is InChI=1S/C31H34N4O2S2/c1-19-7-10-23(11-8-19)32-25(36)16-34-26(37)18-39-28(22-13-14-38-17-22)27-29(31(4,5)6)33-35(30(27)34)24-12-9-20(2)15-21(24)3/h7-15,17,28H,16,18H2,1-6H3,(H,32,36). The molecule has 1 atom stereocenters.